The highest BCUT2D eigenvalue weighted by Crippen LogP contribution is 2.03. The average Bonchev–Trinajstić information content (AvgIpc) is 2.22. The average molecular weight is 279 g/mol. The van der Waals surface area contributed by atoms with Crippen LogP contribution in [-0.2, 0) is 10.0 Å². The van der Waals surface area contributed by atoms with Gasteiger partial charge in [-0.1, -0.05) is 20.8 Å². The third-order valence-electron chi connectivity index (χ3n) is 2.58. The van der Waals surface area contributed by atoms with Crippen molar-refractivity contribution in [3.8, 4) is 0 Å². The molecule has 0 saturated heterocycles. The van der Waals surface area contributed by atoms with Gasteiger partial charge >= 0.3 is 0 Å². The number of rotatable bonds is 10. The van der Waals surface area contributed by atoms with Gasteiger partial charge in [-0.2, -0.15) is 0 Å². The maximum absolute atomic E-state index is 12.2. The summed E-state index contributed by atoms with van der Waals surface area (Å²) in [6.45, 7) is 8.50. The van der Waals surface area contributed by atoms with Crippen molar-refractivity contribution < 1.29 is 8.42 Å². The summed E-state index contributed by atoms with van der Waals surface area (Å²) < 4.78 is 26.0. The van der Waals surface area contributed by atoms with Crippen LogP contribution in [0.4, 0.5) is 0 Å². The van der Waals surface area contributed by atoms with Gasteiger partial charge in [-0.25, -0.2) is 12.7 Å². The van der Waals surface area contributed by atoms with Gasteiger partial charge < -0.3 is 10.2 Å². The maximum Gasteiger partial charge on any atom is 0.215 e. The van der Waals surface area contributed by atoms with Crippen molar-refractivity contribution in [1.29, 1.82) is 0 Å². The van der Waals surface area contributed by atoms with Crippen molar-refractivity contribution in [2.45, 2.75) is 33.2 Å². The lowest BCUT2D eigenvalue weighted by Crippen LogP contribution is -2.41. The molecule has 0 aliphatic heterocycles. The summed E-state index contributed by atoms with van der Waals surface area (Å²) >= 11 is 0. The molecule has 0 saturated carbocycles. The molecule has 0 aliphatic carbocycles. The van der Waals surface area contributed by atoms with E-state index in [-0.39, 0.29) is 5.75 Å². The van der Waals surface area contributed by atoms with Crippen LogP contribution in [0.25, 0.3) is 0 Å². The zero-order valence-corrected chi connectivity index (χ0v) is 13.3. The van der Waals surface area contributed by atoms with E-state index in [2.05, 4.69) is 5.32 Å². The minimum atomic E-state index is -3.13. The first-order chi connectivity index (χ1) is 8.29. The fourth-order valence-electron chi connectivity index (χ4n) is 1.56. The Balaban J connectivity index is 4.36. The van der Waals surface area contributed by atoms with Gasteiger partial charge in [0, 0.05) is 32.2 Å². The SMILES string of the molecule is CCCN(CCN(C)C)S(=O)(=O)CCNC(C)C. The lowest BCUT2D eigenvalue weighted by molar-refractivity contribution is 0.332. The smallest absolute Gasteiger partial charge is 0.215 e. The number of nitrogens with one attached hydrogen (secondary N) is 1. The summed E-state index contributed by atoms with van der Waals surface area (Å²) in [6.07, 6.45) is 0.851. The molecule has 0 rings (SSSR count). The zero-order valence-electron chi connectivity index (χ0n) is 12.4. The lowest BCUT2D eigenvalue weighted by Gasteiger charge is -2.23. The molecule has 5 nitrogen and oxygen atoms in total. The molecule has 18 heavy (non-hydrogen) atoms. The van der Waals surface area contributed by atoms with E-state index in [0.717, 1.165) is 13.0 Å². The summed E-state index contributed by atoms with van der Waals surface area (Å²) in [4.78, 5) is 2.00. The molecule has 0 aromatic carbocycles. The molecule has 0 aliphatic rings. The predicted molar refractivity (Wildman–Crippen MR) is 77.3 cm³/mol. The Morgan fingerprint density at radius 3 is 2.17 bits per heavy atom. The summed E-state index contributed by atoms with van der Waals surface area (Å²) in [6, 6.07) is 0.321. The Bertz CT molecular complexity index is 302. The minimum absolute atomic E-state index is 0.179. The van der Waals surface area contributed by atoms with E-state index in [1.54, 1.807) is 4.31 Å². The molecule has 0 aromatic rings. The summed E-state index contributed by atoms with van der Waals surface area (Å²) in [5.41, 5.74) is 0. The molecule has 1 N–H and O–H groups in total. The third-order valence-corrected chi connectivity index (χ3v) is 4.45. The van der Waals surface area contributed by atoms with Gasteiger partial charge in [0.2, 0.25) is 10.0 Å². The number of hydrogen-bond donors (Lipinski definition) is 1. The quantitative estimate of drug-likeness (QED) is 0.636. The number of nitrogens with zero attached hydrogens (tertiary/aromatic N) is 2. The molecule has 110 valence electrons. The Labute approximate surface area is 113 Å². The van der Waals surface area contributed by atoms with Gasteiger partial charge in [0.05, 0.1) is 5.75 Å². The molecule has 0 fully saturated rings. The van der Waals surface area contributed by atoms with Crippen molar-refractivity contribution in [3.05, 3.63) is 0 Å². The zero-order chi connectivity index (χ0) is 14.2. The second kappa shape index (κ2) is 8.85. The second-order valence-corrected chi connectivity index (χ2v) is 7.22. The molecule has 0 spiro atoms. The minimum Gasteiger partial charge on any atom is -0.313 e. The predicted octanol–water partition coefficient (Wildman–Crippen LogP) is 0.588. The first-order valence-electron chi connectivity index (χ1n) is 6.65. The van der Waals surface area contributed by atoms with E-state index in [1.165, 1.54) is 0 Å². The van der Waals surface area contributed by atoms with Gasteiger partial charge in [-0.15, -0.1) is 0 Å². The van der Waals surface area contributed by atoms with E-state index in [1.807, 2.05) is 39.8 Å². The monoisotopic (exact) mass is 279 g/mol. The molecule has 0 atom stereocenters. The van der Waals surface area contributed by atoms with Crippen LogP contribution in [0.1, 0.15) is 27.2 Å². The number of likely N-dealkylation sites (N-methyl/N-ethyl adjacent to an activating group) is 1. The van der Waals surface area contributed by atoms with E-state index < -0.39 is 10.0 Å². The van der Waals surface area contributed by atoms with E-state index in [0.29, 0.717) is 25.7 Å². The van der Waals surface area contributed by atoms with E-state index in [4.69, 9.17) is 0 Å². The second-order valence-electron chi connectivity index (χ2n) is 5.13. The molecule has 0 aromatic heterocycles. The fraction of sp³-hybridized carbons (Fsp3) is 1.00. The summed E-state index contributed by atoms with van der Waals surface area (Å²) in [7, 11) is 0.779. The van der Waals surface area contributed by atoms with Gasteiger partial charge in [-0.05, 0) is 20.5 Å². The molecule has 6 heteroatoms. The van der Waals surface area contributed by atoms with Gasteiger partial charge in [0.25, 0.3) is 0 Å². The lowest BCUT2D eigenvalue weighted by atomic mass is 10.4. The van der Waals surface area contributed by atoms with Crippen LogP contribution in [0.15, 0.2) is 0 Å². The van der Waals surface area contributed by atoms with E-state index >= 15 is 0 Å². The maximum atomic E-state index is 12.2. The van der Waals surface area contributed by atoms with Crippen LogP contribution in [0.3, 0.4) is 0 Å². The summed E-state index contributed by atoms with van der Waals surface area (Å²) in [5.74, 6) is 0.179. The van der Waals surface area contributed by atoms with Gasteiger partial charge in [-0.3, -0.25) is 0 Å². The van der Waals surface area contributed by atoms with Crippen LogP contribution >= 0.6 is 0 Å². The molecular weight excluding hydrogens is 250 g/mol. The standard InChI is InChI=1S/C12H29N3O2S/c1-6-8-15(10-9-14(4)5)18(16,17)11-7-13-12(2)3/h12-13H,6-11H2,1-5H3. The molecular formula is C12H29N3O2S. The molecule has 0 unspecified atom stereocenters. The Kier molecular flexibility index (Phi) is 8.77. The summed E-state index contributed by atoms with van der Waals surface area (Å²) in [5, 5.41) is 3.15. The van der Waals surface area contributed by atoms with Gasteiger partial charge in [0.1, 0.15) is 0 Å². The highest BCUT2D eigenvalue weighted by atomic mass is 32.2. The largest absolute Gasteiger partial charge is 0.313 e. The van der Waals surface area contributed by atoms with E-state index in [9.17, 15) is 8.42 Å². The molecule has 0 amide bonds. The molecule has 0 heterocycles. The Hall–Kier alpha value is -0.170. The number of sulfonamides is 1. The molecule has 0 radical (unpaired) electrons. The van der Waals surface area contributed by atoms with Gasteiger partial charge in [0.15, 0.2) is 0 Å². The Morgan fingerprint density at radius 1 is 1.11 bits per heavy atom. The first kappa shape index (κ1) is 17.8. The normalized spacial score (nSPS) is 12.9. The molecule has 0 bridgehead atoms. The first-order valence-corrected chi connectivity index (χ1v) is 8.26. The van der Waals surface area contributed by atoms with Crippen molar-refractivity contribution in [2.24, 2.45) is 0 Å². The fourth-order valence-corrected chi connectivity index (χ4v) is 3.01. The highest BCUT2D eigenvalue weighted by Gasteiger charge is 2.20. The van der Waals surface area contributed by atoms with Crippen molar-refractivity contribution in [1.82, 2.24) is 14.5 Å². The third kappa shape index (κ3) is 8.02. The number of hydrogen-bond acceptors (Lipinski definition) is 4. The van der Waals surface area contributed by atoms with Crippen molar-refractivity contribution in [2.75, 3.05) is 46.0 Å². The van der Waals surface area contributed by atoms with Crippen LogP contribution in [0.2, 0.25) is 0 Å². The van der Waals surface area contributed by atoms with Crippen LogP contribution < -0.4 is 5.32 Å². The van der Waals surface area contributed by atoms with Crippen LogP contribution in [-0.4, -0.2) is 69.7 Å². The highest BCUT2D eigenvalue weighted by molar-refractivity contribution is 7.89. The van der Waals surface area contributed by atoms with Crippen molar-refractivity contribution >= 4 is 10.0 Å². The van der Waals surface area contributed by atoms with Crippen molar-refractivity contribution in [3.63, 3.8) is 0 Å². The van der Waals surface area contributed by atoms with Crippen LogP contribution in [0.5, 0.6) is 0 Å². The Morgan fingerprint density at radius 2 is 1.72 bits per heavy atom. The van der Waals surface area contributed by atoms with Crippen LogP contribution in [0, 0.1) is 0 Å². The topological polar surface area (TPSA) is 52.7 Å².